The minimum absolute atomic E-state index is 0.147. The van der Waals surface area contributed by atoms with Gasteiger partial charge in [-0.05, 0) is 51.9 Å². The van der Waals surface area contributed by atoms with Gasteiger partial charge in [0.1, 0.15) is 0 Å². The molecule has 0 aromatic heterocycles. The lowest BCUT2D eigenvalue weighted by atomic mass is 9.92. The Kier molecular flexibility index (Phi) is 4.78. The molecule has 30 heavy (non-hydrogen) atoms. The van der Waals surface area contributed by atoms with E-state index in [1.807, 2.05) is 24.3 Å². The van der Waals surface area contributed by atoms with Gasteiger partial charge in [-0.1, -0.05) is 84.9 Å². The summed E-state index contributed by atoms with van der Waals surface area (Å²) in [7, 11) is 2.07. The summed E-state index contributed by atoms with van der Waals surface area (Å²) in [5.41, 5.74) is 3.87. The fourth-order valence-corrected chi connectivity index (χ4v) is 4.34. The van der Waals surface area contributed by atoms with Gasteiger partial charge in [-0.25, -0.2) is 0 Å². The highest BCUT2D eigenvalue weighted by atomic mass is 16.1. The molecule has 5 rings (SSSR count). The van der Waals surface area contributed by atoms with E-state index in [9.17, 15) is 4.79 Å². The smallest absolute Gasteiger partial charge is 0.187 e. The van der Waals surface area contributed by atoms with Crippen LogP contribution in [0.2, 0.25) is 0 Å². The van der Waals surface area contributed by atoms with Crippen molar-refractivity contribution in [1.82, 2.24) is 4.90 Å². The largest absolute Gasteiger partial charge is 0.298 e. The highest BCUT2D eigenvalue weighted by molar-refractivity contribution is 6.16. The number of piperidine rings is 1. The van der Waals surface area contributed by atoms with E-state index in [2.05, 4.69) is 84.8 Å². The van der Waals surface area contributed by atoms with Gasteiger partial charge < -0.3 is 0 Å². The molecule has 0 N–H and O–H groups in total. The average molecular weight is 389 g/mol. The minimum atomic E-state index is 0.147. The molecule has 0 spiro atoms. The van der Waals surface area contributed by atoms with E-state index in [0.717, 1.165) is 22.3 Å². The summed E-state index contributed by atoms with van der Waals surface area (Å²) < 4.78 is 0. The van der Waals surface area contributed by atoms with Crippen molar-refractivity contribution in [3.8, 4) is 0 Å². The van der Waals surface area contributed by atoms with Crippen LogP contribution >= 0.6 is 0 Å². The summed E-state index contributed by atoms with van der Waals surface area (Å²) in [5, 5.41) is 4.73. The molecule has 4 aromatic rings. The van der Waals surface area contributed by atoms with Crippen molar-refractivity contribution in [2.45, 2.75) is 0 Å². The van der Waals surface area contributed by atoms with E-state index in [1.165, 1.54) is 21.5 Å². The van der Waals surface area contributed by atoms with Crippen molar-refractivity contribution in [2.24, 2.45) is 0 Å². The number of ketones is 1. The molecule has 1 aliphatic rings. The van der Waals surface area contributed by atoms with Crippen LogP contribution in [-0.4, -0.2) is 30.8 Å². The highest BCUT2D eigenvalue weighted by Crippen LogP contribution is 2.27. The standard InChI is InChI=1S/C28H23NO/c1-29-18-24(16-22-12-6-10-20-8-2-4-14-26(20)22)28(30)25(19-29)17-23-13-7-11-21-9-3-5-15-27(21)23/h2-17H,18-19H2,1H3/b24-16+,25-17?. The Hall–Kier alpha value is -3.49. The van der Waals surface area contributed by atoms with Crippen molar-refractivity contribution in [1.29, 1.82) is 0 Å². The van der Waals surface area contributed by atoms with Crippen LogP contribution in [0.5, 0.6) is 0 Å². The number of hydrogen-bond acceptors (Lipinski definition) is 2. The molecule has 0 saturated carbocycles. The SMILES string of the molecule is CN1CC(=Cc2cccc3ccccc23)C(=O)/C(=C/c2cccc3ccccc23)C1. The van der Waals surface area contributed by atoms with Crippen molar-refractivity contribution in [2.75, 3.05) is 20.1 Å². The second kappa shape index (κ2) is 7.74. The van der Waals surface area contributed by atoms with Crippen molar-refractivity contribution >= 4 is 39.5 Å². The monoisotopic (exact) mass is 389 g/mol. The van der Waals surface area contributed by atoms with Crippen LogP contribution in [0.1, 0.15) is 11.1 Å². The first-order valence-corrected chi connectivity index (χ1v) is 10.3. The van der Waals surface area contributed by atoms with Gasteiger partial charge in [-0.3, -0.25) is 9.69 Å². The number of Topliss-reactive ketones (excluding diaryl/α,β-unsaturated/α-hetero) is 1. The van der Waals surface area contributed by atoms with E-state index in [4.69, 9.17) is 0 Å². The average Bonchev–Trinajstić information content (AvgIpc) is 2.77. The zero-order valence-electron chi connectivity index (χ0n) is 17.0. The van der Waals surface area contributed by atoms with Gasteiger partial charge in [0.15, 0.2) is 5.78 Å². The van der Waals surface area contributed by atoms with E-state index in [0.29, 0.717) is 13.1 Å². The summed E-state index contributed by atoms with van der Waals surface area (Å²) in [6.07, 6.45) is 4.13. The summed E-state index contributed by atoms with van der Waals surface area (Å²) in [6.45, 7) is 1.32. The number of hydrogen-bond donors (Lipinski definition) is 0. The second-order valence-electron chi connectivity index (χ2n) is 7.98. The van der Waals surface area contributed by atoms with Crippen LogP contribution in [-0.2, 0) is 4.79 Å². The molecule has 146 valence electrons. The van der Waals surface area contributed by atoms with Gasteiger partial charge in [0.05, 0.1) is 0 Å². The molecule has 0 radical (unpaired) electrons. The molecular formula is C28H23NO. The molecular weight excluding hydrogens is 366 g/mol. The minimum Gasteiger partial charge on any atom is -0.298 e. The molecule has 1 heterocycles. The summed E-state index contributed by atoms with van der Waals surface area (Å²) >= 11 is 0. The molecule has 1 fully saturated rings. The van der Waals surface area contributed by atoms with Crippen LogP contribution in [0.3, 0.4) is 0 Å². The van der Waals surface area contributed by atoms with Gasteiger partial charge in [-0.15, -0.1) is 0 Å². The first-order chi connectivity index (χ1) is 14.7. The number of rotatable bonds is 2. The molecule has 0 aliphatic carbocycles. The van der Waals surface area contributed by atoms with Gasteiger partial charge >= 0.3 is 0 Å². The Morgan fingerprint density at radius 2 is 1.07 bits per heavy atom. The third-order valence-electron chi connectivity index (χ3n) is 5.77. The fraction of sp³-hybridized carbons (Fsp3) is 0.107. The number of fused-ring (bicyclic) bond motifs is 2. The van der Waals surface area contributed by atoms with Crippen LogP contribution in [0.25, 0.3) is 33.7 Å². The Balaban J connectivity index is 1.58. The molecule has 0 amide bonds. The van der Waals surface area contributed by atoms with Crippen molar-refractivity contribution in [3.05, 3.63) is 107 Å². The Bertz CT molecular complexity index is 1220. The molecule has 0 bridgehead atoms. The summed E-state index contributed by atoms with van der Waals surface area (Å²) in [6, 6.07) is 29.1. The van der Waals surface area contributed by atoms with Crippen LogP contribution in [0.15, 0.2) is 96.1 Å². The maximum Gasteiger partial charge on any atom is 0.187 e. The number of carbonyl (C=O) groups is 1. The summed E-state index contributed by atoms with van der Waals surface area (Å²) in [5.74, 6) is 0.147. The first kappa shape index (κ1) is 18.5. The van der Waals surface area contributed by atoms with Crippen LogP contribution in [0.4, 0.5) is 0 Å². The number of nitrogens with zero attached hydrogens (tertiary/aromatic N) is 1. The number of benzene rings is 4. The zero-order chi connectivity index (χ0) is 20.5. The maximum absolute atomic E-state index is 13.4. The topological polar surface area (TPSA) is 20.3 Å². The van der Waals surface area contributed by atoms with Gasteiger partial charge in [-0.2, -0.15) is 0 Å². The van der Waals surface area contributed by atoms with Crippen molar-refractivity contribution in [3.63, 3.8) is 0 Å². The summed E-state index contributed by atoms with van der Waals surface area (Å²) in [4.78, 5) is 15.6. The van der Waals surface area contributed by atoms with E-state index >= 15 is 0 Å². The van der Waals surface area contributed by atoms with E-state index in [-0.39, 0.29) is 5.78 Å². The molecule has 2 nitrogen and oxygen atoms in total. The predicted molar refractivity (Wildman–Crippen MR) is 126 cm³/mol. The lowest BCUT2D eigenvalue weighted by Crippen LogP contribution is -2.34. The number of likely N-dealkylation sites (N-methyl/N-ethyl adjacent to an activating group) is 1. The molecule has 2 heteroatoms. The lowest BCUT2D eigenvalue weighted by Gasteiger charge is -2.26. The maximum atomic E-state index is 13.4. The van der Waals surface area contributed by atoms with Crippen molar-refractivity contribution < 1.29 is 4.79 Å². The molecule has 4 aromatic carbocycles. The van der Waals surface area contributed by atoms with Gasteiger partial charge in [0, 0.05) is 24.2 Å². The fourth-order valence-electron chi connectivity index (χ4n) is 4.34. The van der Waals surface area contributed by atoms with Crippen LogP contribution in [0, 0.1) is 0 Å². The highest BCUT2D eigenvalue weighted by Gasteiger charge is 2.24. The third-order valence-corrected chi connectivity index (χ3v) is 5.77. The quantitative estimate of drug-likeness (QED) is 0.393. The normalized spacial score (nSPS) is 18.0. The zero-order valence-corrected chi connectivity index (χ0v) is 17.0. The van der Waals surface area contributed by atoms with E-state index in [1.54, 1.807) is 0 Å². The Morgan fingerprint density at radius 3 is 1.57 bits per heavy atom. The number of carbonyl (C=O) groups excluding carboxylic acids is 1. The lowest BCUT2D eigenvalue weighted by molar-refractivity contribution is -0.113. The third kappa shape index (κ3) is 3.47. The first-order valence-electron chi connectivity index (χ1n) is 10.3. The van der Waals surface area contributed by atoms with Crippen LogP contribution < -0.4 is 0 Å². The molecule has 0 atom stereocenters. The number of likely N-dealkylation sites (tertiary alicyclic amines) is 1. The molecule has 0 unspecified atom stereocenters. The van der Waals surface area contributed by atoms with Gasteiger partial charge in [0.2, 0.25) is 0 Å². The second-order valence-corrected chi connectivity index (χ2v) is 7.98. The van der Waals surface area contributed by atoms with E-state index < -0.39 is 0 Å². The van der Waals surface area contributed by atoms with Gasteiger partial charge in [0.25, 0.3) is 0 Å². The molecule has 1 saturated heterocycles. The Morgan fingerprint density at radius 1 is 0.633 bits per heavy atom. The Labute approximate surface area is 176 Å². The molecule has 1 aliphatic heterocycles. The predicted octanol–water partition coefficient (Wildman–Crippen LogP) is 5.97.